The molecule has 17 heavy (non-hydrogen) atoms. The van der Waals surface area contributed by atoms with Crippen molar-refractivity contribution in [2.24, 2.45) is 5.41 Å². The number of hydrogen-bond donors (Lipinski definition) is 0. The largest absolute Gasteiger partial charge is 0.486 e. The maximum absolute atomic E-state index is 12.3. The maximum Gasteiger partial charge on any atom is 0.173 e. The lowest BCUT2D eigenvalue weighted by atomic mass is 9.86. The van der Waals surface area contributed by atoms with E-state index in [1.54, 1.807) is 12.1 Å². The van der Waals surface area contributed by atoms with Gasteiger partial charge in [0.2, 0.25) is 0 Å². The summed E-state index contributed by atoms with van der Waals surface area (Å²) in [7, 11) is 0. The van der Waals surface area contributed by atoms with Crippen LogP contribution in [0.25, 0.3) is 0 Å². The van der Waals surface area contributed by atoms with E-state index in [0.29, 0.717) is 35.3 Å². The quantitative estimate of drug-likeness (QED) is 0.721. The SMILES string of the molecule is CC(C)(C)C(=O)c1c(Cl)ccc2c1OCCO2. The monoisotopic (exact) mass is 254 g/mol. The van der Waals surface area contributed by atoms with Gasteiger partial charge in [-0.05, 0) is 12.1 Å². The van der Waals surface area contributed by atoms with Crippen molar-refractivity contribution in [1.82, 2.24) is 0 Å². The summed E-state index contributed by atoms with van der Waals surface area (Å²) in [5, 5.41) is 0.411. The Hall–Kier alpha value is -1.22. The molecule has 1 aliphatic heterocycles. The van der Waals surface area contributed by atoms with Crippen LogP contribution in [-0.2, 0) is 0 Å². The molecule has 2 rings (SSSR count). The molecular weight excluding hydrogens is 240 g/mol. The summed E-state index contributed by atoms with van der Waals surface area (Å²) in [5.41, 5.74) is -0.0732. The highest BCUT2D eigenvalue weighted by molar-refractivity contribution is 6.34. The molecular formula is C13H15ClO3. The first-order chi connectivity index (χ1) is 7.91. The Bertz CT molecular complexity index is 460. The van der Waals surface area contributed by atoms with Crippen molar-refractivity contribution in [3.05, 3.63) is 22.7 Å². The van der Waals surface area contributed by atoms with E-state index >= 15 is 0 Å². The Morgan fingerprint density at radius 2 is 1.88 bits per heavy atom. The number of fused-ring (bicyclic) bond motifs is 1. The van der Waals surface area contributed by atoms with E-state index in [9.17, 15) is 4.79 Å². The van der Waals surface area contributed by atoms with Crippen LogP contribution in [0, 0.1) is 5.41 Å². The van der Waals surface area contributed by atoms with Gasteiger partial charge in [-0.3, -0.25) is 4.79 Å². The van der Waals surface area contributed by atoms with Crippen molar-refractivity contribution in [2.45, 2.75) is 20.8 Å². The zero-order chi connectivity index (χ0) is 12.6. The van der Waals surface area contributed by atoms with Gasteiger partial charge in [0.15, 0.2) is 17.3 Å². The van der Waals surface area contributed by atoms with Crippen LogP contribution >= 0.6 is 11.6 Å². The van der Waals surface area contributed by atoms with Crippen LogP contribution in [0.1, 0.15) is 31.1 Å². The fourth-order valence-electron chi connectivity index (χ4n) is 1.68. The number of Topliss-reactive ketones (excluding diaryl/α,β-unsaturated/α-hetero) is 1. The number of carbonyl (C=O) groups is 1. The number of halogens is 1. The molecule has 0 saturated carbocycles. The summed E-state index contributed by atoms with van der Waals surface area (Å²) >= 11 is 6.11. The van der Waals surface area contributed by atoms with Gasteiger partial charge < -0.3 is 9.47 Å². The molecule has 0 unspecified atom stereocenters. The van der Waals surface area contributed by atoms with E-state index < -0.39 is 5.41 Å². The molecule has 0 radical (unpaired) electrons. The topological polar surface area (TPSA) is 35.5 Å². The highest BCUT2D eigenvalue weighted by atomic mass is 35.5. The van der Waals surface area contributed by atoms with Gasteiger partial charge in [-0.15, -0.1) is 0 Å². The molecule has 0 bridgehead atoms. The number of ketones is 1. The van der Waals surface area contributed by atoms with Crippen LogP contribution in [0.15, 0.2) is 12.1 Å². The van der Waals surface area contributed by atoms with Crippen LogP contribution in [0.4, 0.5) is 0 Å². The van der Waals surface area contributed by atoms with Gasteiger partial charge >= 0.3 is 0 Å². The fourth-order valence-corrected chi connectivity index (χ4v) is 1.91. The van der Waals surface area contributed by atoms with Gasteiger partial charge in [-0.2, -0.15) is 0 Å². The normalized spacial score (nSPS) is 14.6. The third-order valence-corrected chi connectivity index (χ3v) is 2.88. The molecule has 1 heterocycles. The molecule has 4 heteroatoms. The van der Waals surface area contributed by atoms with Crippen LogP contribution in [0.2, 0.25) is 5.02 Å². The van der Waals surface area contributed by atoms with Crippen LogP contribution < -0.4 is 9.47 Å². The lowest BCUT2D eigenvalue weighted by molar-refractivity contribution is 0.0847. The summed E-state index contributed by atoms with van der Waals surface area (Å²) in [6.07, 6.45) is 0. The predicted octanol–water partition coefficient (Wildman–Crippen LogP) is 3.34. The van der Waals surface area contributed by atoms with Crippen LogP contribution in [-0.4, -0.2) is 19.0 Å². The molecule has 1 aromatic carbocycles. The van der Waals surface area contributed by atoms with E-state index in [-0.39, 0.29) is 5.78 Å². The first-order valence-electron chi connectivity index (χ1n) is 5.54. The highest BCUT2D eigenvalue weighted by Gasteiger charge is 2.30. The molecule has 0 aromatic heterocycles. The zero-order valence-electron chi connectivity index (χ0n) is 10.2. The molecule has 0 fully saturated rings. The Kier molecular flexibility index (Phi) is 3.04. The molecule has 92 valence electrons. The number of rotatable bonds is 1. The van der Waals surface area contributed by atoms with E-state index in [4.69, 9.17) is 21.1 Å². The van der Waals surface area contributed by atoms with Gasteiger partial charge in [0, 0.05) is 5.41 Å². The summed E-state index contributed by atoms with van der Waals surface area (Å²) < 4.78 is 11.0. The van der Waals surface area contributed by atoms with Gasteiger partial charge in [0.1, 0.15) is 13.2 Å². The Morgan fingerprint density at radius 3 is 2.53 bits per heavy atom. The average molecular weight is 255 g/mol. The smallest absolute Gasteiger partial charge is 0.173 e. The summed E-state index contributed by atoms with van der Waals surface area (Å²) in [4.78, 5) is 12.3. The van der Waals surface area contributed by atoms with Crippen LogP contribution in [0.3, 0.4) is 0 Å². The summed E-state index contributed by atoms with van der Waals surface area (Å²) in [5.74, 6) is 1.03. The second-order valence-electron chi connectivity index (χ2n) is 5.03. The number of carbonyl (C=O) groups excluding carboxylic acids is 1. The molecule has 0 spiro atoms. The molecule has 1 aliphatic rings. The Morgan fingerprint density at radius 1 is 1.24 bits per heavy atom. The number of ether oxygens (including phenoxy) is 2. The molecule has 0 saturated heterocycles. The molecule has 0 aliphatic carbocycles. The zero-order valence-corrected chi connectivity index (χ0v) is 10.9. The van der Waals surface area contributed by atoms with Gasteiger partial charge in [-0.25, -0.2) is 0 Å². The lowest BCUT2D eigenvalue weighted by Gasteiger charge is -2.24. The van der Waals surface area contributed by atoms with Crippen molar-refractivity contribution in [2.75, 3.05) is 13.2 Å². The molecule has 1 aromatic rings. The maximum atomic E-state index is 12.3. The standard InChI is InChI=1S/C13H15ClO3/c1-13(2,3)12(15)10-8(14)4-5-9-11(10)17-7-6-16-9/h4-5H,6-7H2,1-3H3. The molecule has 3 nitrogen and oxygen atoms in total. The van der Waals surface area contributed by atoms with Crippen molar-refractivity contribution in [1.29, 1.82) is 0 Å². The van der Waals surface area contributed by atoms with Crippen molar-refractivity contribution in [3.63, 3.8) is 0 Å². The van der Waals surface area contributed by atoms with Crippen molar-refractivity contribution in [3.8, 4) is 11.5 Å². The van der Waals surface area contributed by atoms with E-state index in [2.05, 4.69) is 0 Å². The Labute approximate surface area is 106 Å². The van der Waals surface area contributed by atoms with Crippen LogP contribution in [0.5, 0.6) is 11.5 Å². The Balaban J connectivity index is 2.56. The number of benzene rings is 1. The van der Waals surface area contributed by atoms with E-state index in [1.807, 2.05) is 20.8 Å². The first-order valence-corrected chi connectivity index (χ1v) is 5.92. The first kappa shape index (κ1) is 12.2. The molecule has 0 amide bonds. The van der Waals surface area contributed by atoms with Crippen molar-refractivity contribution < 1.29 is 14.3 Å². The summed E-state index contributed by atoms with van der Waals surface area (Å²) in [6, 6.07) is 3.41. The predicted molar refractivity (Wildman–Crippen MR) is 66.2 cm³/mol. The molecule has 0 N–H and O–H groups in total. The summed E-state index contributed by atoms with van der Waals surface area (Å²) in [6.45, 7) is 6.51. The van der Waals surface area contributed by atoms with E-state index in [0.717, 1.165) is 0 Å². The fraction of sp³-hybridized carbons (Fsp3) is 0.462. The third-order valence-electron chi connectivity index (χ3n) is 2.57. The number of hydrogen-bond acceptors (Lipinski definition) is 3. The van der Waals surface area contributed by atoms with E-state index in [1.165, 1.54) is 0 Å². The lowest BCUT2D eigenvalue weighted by Crippen LogP contribution is -2.24. The third kappa shape index (κ3) is 2.25. The van der Waals surface area contributed by atoms with Gasteiger partial charge in [0.05, 0.1) is 10.6 Å². The minimum absolute atomic E-state index is 0.0372. The second-order valence-corrected chi connectivity index (χ2v) is 5.43. The van der Waals surface area contributed by atoms with Crippen molar-refractivity contribution >= 4 is 17.4 Å². The van der Waals surface area contributed by atoms with Gasteiger partial charge in [0.25, 0.3) is 0 Å². The average Bonchev–Trinajstić information content (AvgIpc) is 2.27. The molecule has 0 atom stereocenters. The highest BCUT2D eigenvalue weighted by Crippen LogP contribution is 2.40. The minimum atomic E-state index is -0.500. The minimum Gasteiger partial charge on any atom is -0.486 e. The van der Waals surface area contributed by atoms with Gasteiger partial charge in [-0.1, -0.05) is 32.4 Å². The second kappa shape index (κ2) is 4.22.